The number of hydrogen-bond acceptors (Lipinski definition) is 4. The molecule has 0 aliphatic rings. The van der Waals surface area contributed by atoms with Crippen molar-refractivity contribution in [3.05, 3.63) is 23.4 Å². The van der Waals surface area contributed by atoms with Crippen molar-refractivity contribution < 1.29 is 9.47 Å². The smallest absolute Gasteiger partial charge is 0.224 e. The van der Waals surface area contributed by atoms with Crippen LogP contribution in [-0.4, -0.2) is 29.8 Å². The Kier molecular flexibility index (Phi) is 5.86. The van der Waals surface area contributed by atoms with Gasteiger partial charge in [-0.3, -0.25) is 0 Å². The lowest BCUT2D eigenvalue weighted by molar-refractivity contribution is 0.0989. The Balaban J connectivity index is 2.56. The Hall–Kier alpha value is -1.20. The molecule has 0 saturated heterocycles. The fraction of sp³-hybridized carbons (Fsp3) is 0.500. The van der Waals surface area contributed by atoms with Crippen LogP contribution in [-0.2, 0) is 4.74 Å². The molecule has 1 rings (SSSR count). The van der Waals surface area contributed by atoms with E-state index in [4.69, 9.17) is 27.4 Å². The van der Waals surface area contributed by atoms with E-state index in [1.807, 2.05) is 19.1 Å². The number of aryl methyl sites for hydroxylation is 1. The molecule has 17 heavy (non-hydrogen) atoms. The Morgan fingerprint density at radius 1 is 1.35 bits per heavy atom. The Morgan fingerprint density at radius 3 is 2.76 bits per heavy atom. The third-order valence-electron chi connectivity index (χ3n) is 2.08. The summed E-state index contributed by atoms with van der Waals surface area (Å²) < 4.78 is 10.8. The molecule has 1 aromatic heterocycles. The third-order valence-corrected chi connectivity index (χ3v) is 2.30. The monoisotopic (exact) mass is 254 g/mol. The molecular formula is C12H18N2O2S. The summed E-state index contributed by atoms with van der Waals surface area (Å²) in [5, 5.41) is 0. The summed E-state index contributed by atoms with van der Waals surface area (Å²) in [7, 11) is 0. The van der Waals surface area contributed by atoms with Gasteiger partial charge in [0.15, 0.2) is 0 Å². The van der Waals surface area contributed by atoms with Crippen molar-refractivity contribution in [2.24, 2.45) is 5.73 Å². The molecule has 94 valence electrons. The summed E-state index contributed by atoms with van der Waals surface area (Å²) in [4.78, 5) is 4.56. The van der Waals surface area contributed by atoms with Crippen molar-refractivity contribution in [1.29, 1.82) is 0 Å². The lowest BCUT2D eigenvalue weighted by Gasteiger charge is -2.10. The minimum absolute atomic E-state index is 0.293. The van der Waals surface area contributed by atoms with Gasteiger partial charge < -0.3 is 15.2 Å². The molecule has 2 N–H and O–H groups in total. The lowest BCUT2D eigenvalue weighted by atomic mass is 10.2. The first-order valence-corrected chi connectivity index (χ1v) is 6.04. The predicted octanol–water partition coefficient (Wildman–Crippen LogP) is 1.83. The average molecular weight is 254 g/mol. The van der Waals surface area contributed by atoms with Crippen LogP contribution < -0.4 is 10.5 Å². The molecule has 0 aromatic carbocycles. The highest BCUT2D eigenvalue weighted by atomic mass is 32.1. The van der Waals surface area contributed by atoms with Crippen molar-refractivity contribution >= 4 is 17.2 Å². The van der Waals surface area contributed by atoms with Crippen LogP contribution in [0.5, 0.6) is 5.88 Å². The minimum Gasteiger partial charge on any atom is -0.475 e. The van der Waals surface area contributed by atoms with Gasteiger partial charge in [0.05, 0.1) is 12.2 Å². The number of ether oxygens (including phenoxy) is 2. The number of thiocarbonyl (C=S) groups is 1. The Labute approximate surface area is 107 Å². The van der Waals surface area contributed by atoms with Crippen molar-refractivity contribution in [2.75, 3.05) is 19.8 Å². The van der Waals surface area contributed by atoms with Crippen LogP contribution in [0.2, 0.25) is 0 Å². The summed E-state index contributed by atoms with van der Waals surface area (Å²) in [5.41, 5.74) is 7.13. The van der Waals surface area contributed by atoms with E-state index >= 15 is 0 Å². The topological polar surface area (TPSA) is 57.4 Å². The first-order chi connectivity index (χ1) is 8.15. The Bertz CT molecular complexity index is 383. The van der Waals surface area contributed by atoms with E-state index in [1.54, 1.807) is 0 Å². The van der Waals surface area contributed by atoms with Crippen LogP contribution in [0, 0.1) is 6.92 Å². The van der Waals surface area contributed by atoms with Crippen LogP contribution >= 0.6 is 12.2 Å². The molecule has 0 unspecified atom stereocenters. The van der Waals surface area contributed by atoms with E-state index in [0.29, 0.717) is 29.6 Å². The van der Waals surface area contributed by atoms with E-state index in [9.17, 15) is 0 Å². The van der Waals surface area contributed by atoms with E-state index < -0.39 is 0 Å². The highest BCUT2D eigenvalue weighted by Crippen LogP contribution is 2.15. The predicted molar refractivity (Wildman–Crippen MR) is 71.5 cm³/mol. The van der Waals surface area contributed by atoms with Gasteiger partial charge in [-0.25, -0.2) is 4.98 Å². The van der Waals surface area contributed by atoms with E-state index in [0.717, 1.165) is 18.7 Å². The van der Waals surface area contributed by atoms with Crippen LogP contribution in [0.25, 0.3) is 0 Å². The highest BCUT2D eigenvalue weighted by molar-refractivity contribution is 7.80. The standard InChI is InChI=1S/C12H18N2O2S/c1-3-6-15-7-8-16-12-10(11(13)17)5-4-9(2)14-12/h4-5H,3,6-8H2,1-2H3,(H2,13,17). The molecule has 0 atom stereocenters. The van der Waals surface area contributed by atoms with Crippen LogP contribution in [0.4, 0.5) is 0 Å². The maximum absolute atomic E-state index is 5.60. The molecule has 0 aliphatic heterocycles. The van der Waals surface area contributed by atoms with Crippen molar-refractivity contribution in [2.45, 2.75) is 20.3 Å². The quantitative estimate of drug-likeness (QED) is 0.594. The molecule has 0 radical (unpaired) electrons. The van der Waals surface area contributed by atoms with Gasteiger partial charge in [-0.05, 0) is 25.5 Å². The summed E-state index contributed by atoms with van der Waals surface area (Å²) in [5.74, 6) is 0.484. The maximum Gasteiger partial charge on any atom is 0.224 e. The normalized spacial score (nSPS) is 10.2. The molecule has 0 aliphatic carbocycles. The van der Waals surface area contributed by atoms with E-state index in [2.05, 4.69) is 11.9 Å². The summed E-state index contributed by atoms with van der Waals surface area (Å²) in [6, 6.07) is 3.68. The number of rotatable bonds is 7. The molecular weight excluding hydrogens is 236 g/mol. The molecule has 1 aromatic rings. The van der Waals surface area contributed by atoms with Gasteiger partial charge in [0.25, 0.3) is 0 Å². The van der Waals surface area contributed by atoms with Crippen LogP contribution in [0.3, 0.4) is 0 Å². The van der Waals surface area contributed by atoms with Gasteiger partial charge in [-0.1, -0.05) is 19.1 Å². The number of aromatic nitrogens is 1. The molecule has 0 fully saturated rings. The zero-order valence-electron chi connectivity index (χ0n) is 10.2. The lowest BCUT2D eigenvalue weighted by Crippen LogP contribution is -2.15. The van der Waals surface area contributed by atoms with Crippen molar-refractivity contribution in [3.8, 4) is 5.88 Å². The third kappa shape index (κ3) is 4.66. The molecule has 0 bridgehead atoms. The highest BCUT2D eigenvalue weighted by Gasteiger charge is 2.08. The molecule has 0 spiro atoms. The van der Waals surface area contributed by atoms with Gasteiger partial charge in [-0.15, -0.1) is 0 Å². The van der Waals surface area contributed by atoms with E-state index in [-0.39, 0.29) is 0 Å². The summed E-state index contributed by atoms with van der Waals surface area (Å²) in [6.45, 7) is 5.69. The van der Waals surface area contributed by atoms with E-state index in [1.165, 1.54) is 0 Å². The number of nitrogens with zero attached hydrogens (tertiary/aromatic N) is 1. The zero-order valence-corrected chi connectivity index (χ0v) is 11.0. The van der Waals surface area contributed by atoms with Crippen molar-refractivity contribution in [1.82, 2.24) is 4.98 Å². The average Bonchev–Trinajstić information content (AvgIpc) is 2.28. The van der Waals surface area contributed by atoms with Gasteiger partial charge in [0.1, 0.15) is 11.6 Å². The molecule has 4 nitrogen and oxygen atoms in total. The fourth-order valence-electron chi connectivity index (χ4n) is 1.27. The Morgan fingerprint density at radius 2 is 2.12 bits per heavy atom. The minimum atomic E-state index is 0.293. The second-order valence-electron chi connectivity index (χ2n) is 3.63. The first-order valence-electron chi connectivity index (χ1n) is 5.63. The fourth-order valence-corrected chi connectivity index (χ4v) is 1.43. The summed E-state index contributed by atoms with van der Waals surface area (Å²) in [6.07, 6.45) is 1.00. The zero-order chi connectivity index (χ0) is 12.7. The second-order valence-corrected chi connectivity index (χ2v) is 4.07. The molecule has 0 saturated carbocycles. The number of hydrogen-bond donors (Lipinski definition) is 1. The maximum atomic E-state index is 5.60. The largest absolute Gasteiger partial charge is 0.475 e. The number of nitrogens with two attached hydrogens (primary N) is 1. The van der Waals surface area contributed by atoms with Crippen LogP contribution in [0.1, 0.15) is 24.6 Å². The van der Waals surface area contributed by atoms with Gasteiger partial charge in [0.2, 0.25) is 5.88 Å². The van der Waals surface area contributed by atoms with Gasteiger partial charge in [-0.2, -0.15) is 0 Å². The van der Waals surface area contributed by atoms with Gasteiger partial charge >= 0.3 is 0 Å². The molecule has 0 amide bonds. The second kappa shape index (κ2) is 7.19. The molecule has 1 heterocycles. The number of pyridine rings is 1. The van der Waals surface area contributed by atoms with Gasteiger partial charge in [0, 0.05) is 12.3 Å². The summed E-state index contributed by atoms with van der Waals surface area (Å²) >= 11 is 4.94. The first kappa shape index (κ1) is 13.9. The van der Waals surface area contributed by atoms with Crippen LogP contribution in [0.15, 0.2) is 12.1 Å². The molecule has 5 heteroatoms. The SMILES string of the molecule is CCCOCCOc1nc(C)ccc1C(N)=S. The van der Waals surface area contributed by atoms with Crippen molar-refractivity contribution in [3.63, 3.8) is 0 Å².